The second-order valence-corrected chi connectivity index (χ2v) is 14.4. The first-order chi connectivity index (χ1) is 25.3. The molecule has 3 unspecified atom stereocenters. The Bertz CT molecular complexity index is 2780. The van der Waals surface area contributed by atoms with Gasteiger partial charge >= 0.3 is 0 Å². The standard InChI is InChI=1S/C49H32N2/c1-2-14-29(15-3-1)47-35-20-8-11-27-43(35)50-48(51-47)37-23-13-26-41-46(37)34-19-7-10-25-40(34)49(41)39-24-9-6-18-33(39)45-36-22-12-21-32-30-16-4-5-17-31(30)38(44(32)36)28-42(45)49/h1-28,47-48,50-51H. The van der Waals surface area contributed by atoms with Crippen LogP contribution in [-0.2, 0) is 5.41 Å². The molecule has 238 valence electrons. The minimum Gasteiger partial charge on any atom is -0.366 e. The SMILES string of the molecule is c1ccc(C2NC(c3cccc4c3-c3ccccc3C43c4ccccc4-c4c3cc3c5c(cccc45)-c4ccccc4-3)Nc3ccccc32)cc1. The molecule has 3 atom stereocenters. The molecule has 4 aliphatic rings. The average Bonchev–Trinajstić information content (AvgIpc) is 3.81. The zero-order valence-corrected chi connectivity index (χ0v) is 27.8. The van der Waals surface area contributed by atoms with Gasteiger partial charge in [0.2, 0.25) is 0 Å². The van der Waals surface area contributed by atoms with Gasteiger partial charge in [-0.05, 0) is 106 Å². The minimum atomic E-state index is -0.447. The van der Waals surface area contributed by atoms with E-state index in [1.165, 1.54) is 99.9 Å². The van der Waals surface area contributed by atoms with E-state index in [2.05, 4.69) is 180 Å². The van der Waals surface area contributed by atoms with Crippen LogP contribution >= 0.6 is 0 Å². The van der Waals surface area contributed by atoms with Gasteiger partial charge in [-0.15, -0.1) is 0 Å². The lowest BCUT2D eigenvalue weighted by atomic mass is 9.70. The molecule has 1 heterocycles. The zero-order chi connectivity index (χ0) is 33.3. The van der Waals surface area contributed by atoms with E-state index in [0.717, 1.165) is 0 Å². The van der Waals surface area contributed by atoms with E-state index >= 15 is 0 Å². The Labute approximate surface area is 297 Å². The summed E-state index contributed by atoms with van der Waals surface area (Å²) in [6.07, 6.45) is -0.0944. The molecular formula is C49H32N2. The Morgan fingerprint density at radius 1 is 0.412 bits per heavy atom. The fraction of sp³-hybridized carbons (Fsp3) is 0.0612. The average molecular weight is 649 g/mol. The van der Waals surface area contributed by atoms with E-state index in [-0.39, 0.29) is 12.2 Å². The lowest BCUT2D eigenvalue weighted by molar-refractivity contribution is 0.507. The molecular weight excluding hydrogens is 617 g/mol. The third kappa shape index (κ3) is 3.41. The zero-order valence-electron chi connectivity index (χ0n) is 27.8. The van der Waals surface area contributed by atoms with Crippen molar-refractivity contribution in [3.63, 3.8) is 0 Å². The molecule has 0 aromatic heterocycles. The first-order valence-corrected chi connectivity index (χ1v) is 18.0. The molecule has 2 N–H and O–H groups in total. The first kappa shape index (κ1) is 27.6. The monoisotopic (exact) mass is 648 g/mol. The smallest absolute Gasteiger partial charge is 0.105 e. The van der Waals surface area contributed by atoms with Gasteiger partial charge in [-0.25, -0.2) is 0 Å². The van der Waals surface area contributed by atoms with Crippen molar-refractivity contribution in [1.29, 1.82) is 0 Å². The number of para-hydroxylation sites is 1. The van der Waals surface area contributed by atoms with Gasteiger partial charge < -0.3 is 5.32 Å². The van der Waals surface area contributed by atoms with Gasteiger partial charge in [-0.3, -0.25) is 5.32 Å². The molecule has 1 spiro atoms. The molecule has 0 bridgehead atoms. The van der Waals surface area contributed by atoms with Crippen molar-refractivity contribution >= 4 is 16.5 Å². The van der Waals surface area contributed by atoms with Gasteiger partial charge in [-0.1, -0.05) is 158 Å². The molecule has 8 aromatic rings. The Balaban J connectivity index is 1.15. The summed E-state index contributed by atoms with van der Waals surface area (Å²) in [4.78, 5) is 0. The quantitative estimate of drug-likeness (QED) is 0.195. The van der Waals surface area contributed by atoms with Gasteiger partial charge in [-0.2, -0.15) is 0 Å². The summed E-state index contributed by atoms with van der Waals surface area (Å²) in [7, 11) is 0. The molecule has 0 amide bonds. The van der Waals surface area contributed by atoms with Crippen molar-refractivity contribution in [2.75, 3.05) is 5.32 Å². The fourth-order valence-electron chi connectivity index (χ4n) is 10.2. The summed E-state index contributed by atoms with van der Waals surface area (Å²) in [5, 5.41) is 10.7. The summed E-state index contributed by atoms with van der Waals surface area (Å²) in [5.41, 5.74) is 20.7. The fourth-order valence-corrected chi connectivity index (χ4v) is 10.2. The number of fused-ring (bicyclic) bond motifs is 15. The van der Waals surface area contributed by atoms with Crippen molar-refractivity contribution in [1.82, 2.24) is 5.32 Å². The Morgan fingerprint density at radius 3 is 1.80 bits per heavy atom. The second kappa shape index (κ2) is 9.94. The lowest BCUT2D eigenvalue weighted by Gasteiger charge is -2.36. The number of hydrogen-bond donors (Lipinski definition) is 2. The van der Waals surface area contributed by atoms with Crippen molar-refractivity contribution < 1.29 is 0 Å². The van der Waals surface area contributed by atoms with E-state index < -0.39 is 5.41 Å². The van der Waals surface area contributed by atoms with Crippen molar-refractivity contribution in [2.24, 2.45) is 0 Å². The summed E-state index contributed by atoms with van der Waals surface area (Å²) < 4.78 is 0. The van der Waals surface area contributed by atoms with Crippen LogP contribution in [-0.4, -0.2) is 0 Å². The van der Waals surface area contributed by atoms with Gasteiger partial charge in [0.25, 0.3) is 0 Å². The van der Waals surface area contributed by atoms with Crippen LogP contribution in [0.4, 0.5) is 5.69 Å². The van der Waals surface area contributed by atoms with Crippen molar-refractivity contribution in [3.8, 4) is 44.5 Å². The van der Waals surface area contributed by atoms with Gasteiger partial charge in [0, 0.05) is 5.69 Å². The van der Waals surface area contributed by atoms with Crippen molar-refractivity contribution in [2.45, 2.75) is 17.6 Å². The molecule has 51 heavy (non-hydrogen) atoms. The Morgan fingerprint density at radius 2 is 1.00 bits per heavy atom. The van der Waals surface area contributed by atoms with E-state index in [0.29, 0.717) is 0 Å². The molecule has 2 nitrogen and oxygen atoms in total. The van der Waals surface area contributed by atoms with E-state index in [9.17, 15) is 0 Å². The molecule has 1 aliphatic heterocycles. The normalized spacial score (nSPS) is 19.5. The maximum Gasteiger partial charge on any atom is 0.105 e. The third-order valence-electron chi connectivity index (χ3n) is 12.1. The maximum absolute atomic E-state index is 4.07. The summed E-state index contributed by atoms with van der Waals surface area (Å²) in [6.45, 7) is 0. The summed E-state index contributed by atoms with van der Waals surface area (Å²) in [6, 6.07) is 63.5. The highest BCUT2D eigenvalue weighted by Gasteiger charge is 2.53. The van der Waals surface area contributed by atoms with E-state index in [1.54, 1.807) is 0 Å². The van der Waals surface area contributed by atoms with Crippen LogP contribution in [0.5, 0.6) is 0 Å². The number of rotatable bonds is 2. The van der Waals surface area contributed by atoms with Crippen LogP contribution in [0.2, 0.25) is 0 Å². The molecule has 0 saturated heterocycles. The number of nitrogens with one attached hydrogen (secondary N) is 2. The molecule has 0 fully saturated rings. The highest BCUT2D eigenvalue weighted by atomic mass is 15.2. The van der Waals surface area contributed by atoms with Crippen LogP contribution in [0.3, 0.4) is 0 Å². The van der Waals surface area contributed by atoms with Gasteiger partial charge in [0.15, 0.2) is 0 Å². The predicted molar refractivity (Wildman–Crippen MR) is 209 cm³/mol. The minimum absolute atomic E-state index is 0.0628. The first-order valence-electron chi connectivity index (χ1n) is 18.0. The van der Waals surface area contributed by atoms with Gasteiger partial charge in [0.1, 0.15) is 6.17 Å². The van der Waals surface area contributed by atoms with Crippen molar-refractivity contribution in [3.05, 3.63) is 209 Å². The molecule has 0 radical (unpaired) electrons. The second-order valence-electron chi connectivity index (χ2n) is 14.4. The topological polar surface area (TPSA) is 24.1 Å². The number of anilines is 1. The molecule has 8 aromatic carbocycles. The van der Waals surface area contributed by atoms with Gasteiger partial charge in [0.05, 0.1) is 11.5 Å². The highest BCUT2D eigenvalue weighted by Crippen LogP contribution is 2.66. The molecule has 2 heteroatoms. The number of hydrogen-bond acceptors (Lipinski definition) is 2. The number of benzene rings is 8. The van der Waals surface area contributed by atoms with Crippen LogP contribution in [0.1, 0.15) is 51.2 Å². The van der Waals surface area contributed by atoms with Crippen LogP contribution in [0.15, 0.2) is 170 Å². The van der Waals surface area contributed by atoms with Crippen LogP contribution in [0, 0.1) is 0 Å². The highest BCUT2D eigenvalue weighted by molar-refractivity contribution is 6.21. The summed E-state index contributed by atoms with van der Waals surface area (Å²) >= 11 is 0. The molecule has 3 aliphatic carbocycles. The third-order valence-corrected chi connectivity index (χ3v) is 12.1. The predicted octanol–water partition coefficient (Wildman–Crippen LogP) is 11.6. The molecule has 0 saturated carbocycles. The summed E-state index contributed by atoms with van der Waals surface area (Å²) in [5.74, 6) is 0. The Kier molecular flexibility index (Phi) is 5.38. The van der Waals surface area contributed by atoms with E-state index in [4.69, 9.17) is 0 Å². The lowest BCUT2D eigenvalue weighted by Crippen LogP contribution is -2.37. The maximum atomic E-state index is 4.07. The molecule has 12 rings (SSSR count). The van der Waals surface area contributed by atoms with E-state index in [1.807, 2.05) is 0 Å². The van der Waals surface area contributed by atoms with Crippen LogP contribution in [0.25, 0.3) is 55.3 Å². The Hall–Kier alpha value is -6.22. The largest absolute Gasteiger partial charge is 0.366 e. The van der Waals surface area contributed by atoms with Crippen LogP contribution < -0.4 is 10.6 Å².